The summed E-state index contributed by atoms with van der Waals surface area (Å²) in [5.41, 5.74) is 1.52. The molecule has 176 valence electrons. The lowest BCUT2D eigenvalue weighted by Gasteiger charge is -2.32. The van der Waals surface area contributed by atoms with Crippen molar-refractivity contribution >= 4 is 23.4 Å². The van der Waals surface area contributed by atoms with Crippen molar-refractivity contribution in [2.24, 2.45) is 5.92 Å². The van der Waals surface area contributed by atoms with Crippen LogP contribution in [0.1, 0.15) is 24.8 Å². The van der Waals surface area contributed by atoms with E-state index in [9.17, 15) is 14.4 Å². The molecule has 8 heteroatoms. The highest BCUT2D eigenvalue weighted by Gasteiger charge is 2.28. The number of likely N-dealkylation sites (tertiary alicyclic amines) is 1. The third-order valence-electron chi connectivity index (χ3n) is 5.43. The van der Waals surface area contributed by atoms with E-state index in [2.05, 4.69) is 10.6 Å². The predicted molar refractivity (Wildman–Crippen MR) is 125 cm³/mol. The zero-order valence-electron chi connectivity index (χ0n) is 18.9. The lowest BCUT2D eigenvalue weighted by Crippen LogP contribution is -2.45. The Morgan fingerprint density at radius 1 is 1.09 bits per heavy atom. The number of nitrogens with one attached hydrogen (secondary N) is 2. The van der Waals surface area contributed by atoms with Gasteiger partial charge in [0.1, 0.15) is 12.4 Å². The van der Waals surface area contributed by atoms with Gasteiger partial charge < -0.3 is 25.0 Å². The van der Waals surface area contributed by atoms with Crippen LogP contribution in [0, 0.1) is 5.92 Å². The number of methoxy groups -OCH3 is 1. The average molecular weight is 454 g/mol. The molecule has 3 amide bonds. The third-order valence-corrected chi connectivity index (χ3v) is 5.43. The molecule has 1 atom stereocenters. The lowest BCUT2D eigenvalue weighted by atomic mass is 9.96. The van der Waals surface area contributed by atoms with Crippen LogP contribution in [0.25, 0.3) is 0 Å². The van der Waals surface area contributed by atoms with Crippen molar-refractivity contribution in [3.8, 4) is 5.75 Å². The highest BCUT2D eigenvalue weighted by molar-refractivity contribution is 5.91. The quantitative estimate of drug-likeness (QED) is 0.576. The van der Waals surface area contributed by atoms with Gasteiger partial charge in [0.25, 0.3) is 0 Å². The zero-order chi connectivity index (χ0) is 23.5. The van der Waals surface area contributed by atoms with E-state index in [0.29, 0.717) is 31.9 Å². The Morgan fingerprint density at radius 3 is 2.70 bits per heavy atom. The number of carbonyl (C=O) groups excluding carboxylic acids is 3. The summed E-state index contributed by atoms with van der Waals surface area (Å²) in [7, 11) is 1.46. The maximum absolute atomic E-state index is 12.7. The summed E-state index contributed by atoms with van der Waals surface area (Å²) in [6, 6.07) is 16.7. The van der Waals surface area contributed by atoms with Crippen LogP contribution in [0.4, 0.5) is 5.69 Å². The summed E-state index contributed by atoms with van der Waals surface area (Å²) in [5.74, 6) is 0.204. The molecule has 33 heavy (non-hydrogen) atoms. The number of nitrogens with zero attached hydrogens (tertiary/aromatic N) is 1. The number of rotatable bonds is 10. The molecule has 1 saturated heterocycles. The number of benzene rings is 2. The number of piperidine rings is 1. The van der Waals surface area contributed by atoms with Gasteiger partial charge in [-0.3, -0.25) is 14.4 Å². The molecule has 8 nitrogen and oxygen atoms in total. The third kappa shape index (κ3) is 7.91. The normalized spacial score (nSPS) is 15.5. The number of amides is 3. The summed E-state index contributed by atoms with van der Waals surface area (Å²) in [4.78, 5) is 38.7. The second-order valence-corrected chi connectivity index (χ2v) is 7.99. The summed E-state index contributed by atoms with van der Waals surface area (Å²) in [6.07, 6.45) is 1.83. The average Bonchev–Trinajstić information content (AvgIpc) is 2.83. The van der Waals surface area contributed by atoms with E-state index in [0.717, 1.165) is 24.2 Å². The molecule has 1 heterocycles. The van der Waals surface area contributed by atoms with Crippen molar-refractivity contribution in [3.63, 3.8) is 0 Å². The Hall–Kier alpha value is -3.39. The molecule has 2 aromatic rings. The maximum Gasteiger partial charge on any atom is 0.250 e. The smallest absolute Gasteiger partial charge is 0.250 e. The van der Waals surface area contributed by atoms with Crippen LogP contribution in [0.5, 0.6) is 5.75 Å². The fraction of sp³-hybridized carbons (Fsp3) is 0.400. The summed E-state index contributed by atoms with van der Waals surface area (Å²) < 4.78 is 10.4. The van der Waals surface area contributed by atoms with E-state index in [1.54, 1.807) is 11.0 Å². The number of carbonyl (C=O) groups is 3. The lowest BCUT2D eigenvalue weighted by molar-refractivity contribution is -0.136. The number of para-hydroxylation sites is 1. The van der Waals surface area contributed by atoms with Crippen LogP contribution >= 0.6 is 0 Å². The van der Waals surface area contributed by atoms with Crippen molar-refractivity contribution in [1.82, 2.24) is 10.2 Å². The molecule has 1 unspecified atom stereocenters. The zero-order valence-corrected chi connectivity index (χ0v) is 18.9. The van der Waals surface area contributed by atoms with Gasteiger partial charge in [-0.15, -0.1) is 0 Å². The molecule has 1 aliphatic heterocycles. The second-order valence-electron chi connectivity index (χ2n) is 7.99. The molecular weight excluding hydrogens is 422 g/mol. The summed E-state index contributed by atoms with van der Waals surface area (Å²) in [6.45, 7) is 1.73. The molecular formula is C25H31N3O5. The fourth-order valence-electron chi connectivity index (χ4n) is 3.77. The van der Waals surface area contributed by atoms with Crippen molar-refractivity contribution < 1.29 is 23.9 Å². The second kappa shape index (κ2) is 12.6. The molecule has 0 spiro atoms. The van der Waals surface area contributed by atoms with E-state index in [1.807, 2.05) is 48.5 Å². The molecule has 0 aromatic heterocycles. The van der Waals surface area contributed by atoms with Crippen molar-refractivity contribution in [2.45, 2.75) is 25.8 Å². The van der Waals surface area contributed by atoms with Crippen LogP contribution in [0.2, 0.25) is 0 Å². The molecule has 0 aliphatic carbocycles. The van der Waals surface area contributed by atoms with E-state index >= 15 is 0 Å². The van der Waals surface area contributed by atoms with Crippen LogP contribution in [0.15, 0.2) is 54.6 Å². The number of hydrogen-bond acceptors (Lipinski definition) is 5. The molecule has 1 fully saturated rings. The predicted octanol–water partition coefficient (Wildman–Crippen LogP) is 2.60. The Balaban J connectivity index is 1.43. The monoisotopic (exact) mass is 453 g/mol. The van der Waals surface area contributed by atoms with Crippen molar-refractivity contribution in [3.05, 3.63) is 60.2 Å². The molecule has 0 saturated carbocycles. The van der Waals surface area contributed by atoms with Gasteiger partial charge in [-0.05, 0) is 42.7 Å². The first-order valence-corrected chi connectivity index (χ1v) is 11.2. The first-order valence-electron chi connectivity index (χ1n) is 11.2. The summed E-state index contributed by atoms with van der Waals surface area (Å²) >= 11 is 0. The Morgan fingerprint density at radius 2 is 1.91 bits per heavy atom. The minimum Gasteiger partial charge on any atom is -0.493 e. The van der Waals surface area contributed by atoms with Gasteiger partial charge in [0.15, 0.2) is 0 Å². The van der Waals surface area contributed by atoms with E-state index < -0.39 is 0 Å². The Labute approximate surface area is 194 Å². The minimum atomic E-state index is -0.236. The van der Waals surface area contributed by atoms with Gasteiger partial charge in [0.05, 0.1) is 18.9 Å². The van der Waals surface area contributed by atoms with Crippen LogP contribution in [0.3, 0.4) is 0 Å². The van der Waals surface area contributed by atoms with Gasteiger partial charge in [0, 0.05) is 32.4 Å². The van der Waals surface area contributed by atoms with Gasteiger partial charge in [-0.1, -0.05) is 30.3 Å². The molecule has 3 rings (SSSR count). The van der Waals surface area contributed by atoms with E-state index in [-0.39, 0.29) is 36.7 Å². The standard InChI is InChI=1S/C25H31N3O5/c1-32-18-23(29)27-21-9-5-7-19(15-21)16-26-25(31)20-8-6-13-28(17-20)24(30)12-14-33-22-10-3-2-4-11-22/h2-5,7,9-11,15,20H,6,8,12-14,16-18H2,1H3,(H,26,31)(H,27,29). The van der Waals surface area contributed by atoms with Gasteiger partial charge in [0.2, 0.25) is 17.7 Å². The van der Waals surface area contributed by atoms with E-state index in [4.69, 9.17) is 9.47 Å². The van der Waals surface area contributed by atoms with E-state index in [1.165, 1.54) is 7.11 Å². The maximum atomic E-state index is 12.7. The fourth-order valence-corrected chi connectivity index (χ4v) is 3.77. The van der Waals surface area contributed by atoms with Crippen LogP contribution in [-0.2, 0) is 25.7 Å². The highest BCUT2D eigenvalue weighted by atomic mass is 16.5. The molecule has 0 bridgehead atoms. The van der Waals surface area contributed by atoms with Crippen LogP contribution < -0.4 is 15.4 Å². The number of anilines is 1. The topological polar surface area (TPSA) is 97.0 Å². The minimum absolute atomic E-state index is 0.00272. The van der Waals surface area contributed by atoms with Crippen molar-refractivity contribution in [2.75, 3.05) is 38.7 Å². The number of hydrogen-bond donors (Lipinski definition) is 2. The van der Waals surface area contributed by atoms with Gasteiger partial charge in [-0.25, -0.2) is 0 Å². The Bertz CT molecular complexity index is 935. The van der Waals surface area contributed by atoms with Gasteiger partial charge in [-0.2, -0.15) is 0 Å². The van der Waals surface area contributed by atoms with Crippen molar-refractivity contribution in [1.29, 1.82) is 0 Å². The first kappa shape index (κ1) is 24.3. The molecule has 0 radical (unpaired) electrons. The molecule has 2 aromatic carbocycles. The SMILES string of the molecule is COCC(=O)Nc1cccc(CNC(=O)C2CCCN(C(=O)CCOc3ccccc3)C2)c1. The molecule has 2 N–H and O–H groups in total. The Kier molecular flexibility index (Phi) is 9.26. The van der Waals surface area contributed by atoms with Crippen LogP contribution in [-0.4, -0.2) is 56.0 Å². The number of ether oxygens (including phenoxy) is 2. The summed E-state index contributed by atoms with van der Waals surface area (Å²) in [5, 5.41) is 5.71. The van der Waals surface area contributed by atoms with Gasteiger partial charge >= 0.3 is 0 Å². The molecule has 1 aliphatic rings. The first-order chi connectivity index (χ1) is 16.0. The highest BCUT2D eigenvalue weighted by Crippen LogP contribution is 2.18. The largest absolute Gasteiger partial charge is 0.493 e.